The van der Waals surface area contributed by atoms with Gasteiger partial charge in [-0.25, -0.2) is 5.06 Å². The van der Waals surface area contributed by atoms with Gasteiger partial charge in [-0.15, -0.1) is 0 Å². The zero-order valence-electron chi connectivity index (χ0n) is 14.5. The van der Waals surface area contributed by atoms with E-state index < -0.39 is 0 Å². The summed E-state index contributed by atoms with van der Waals surface area (Å²) in [6.45, 7) is 2.71. The van der Waals surface area contributed by atoms with Crippen LogP contribution in [0.4, 0.5) is 0 Å². The molecule has 0 unspecified atom stereocenters. The maximum atomic E-state index is 12.2. The van der Waals surface area contributed by atoms with E-state index in [1.165, 1.54) is 12.2 Å². The third-order valence-corrected chi connectivity index (χ3v) is 4.45. The Morgan fingerprint density at radius 3 is 2.48 bits per heavy atom. The standard InChI is InChI=1S/C18H24N2O5/c1-23-13-17(21)19-10-7-16(8-11-19)25-15-5-3-14(4-6-15)18(22)20-9-2-12-24-20/h3-6,16H,2,7-13H2,1H3. The first kappa shape index (κ1) is 17.7. The third kappa shape index (κ3) is 4.49. The summed E-state index contributed by atoms with van der Waals surface area (Å²) in [5.41, 5.74) is 0.592. The Balaban J connectivity index is 1.49. The van der Waals surface area contributed by atoms with Crippen LogP contribution in [0.5, 0.6) is 5.75 Å². The van der Waals surface area contributed by atoms with Crippen molar-refractivity contribution < 1.29 is 23.9 Å². The fourth-order valence-corrected chi connectivity index (χ4v) is 3.06. The lowest BCUT2D eigenvalue weighted by atomic mass is 10.1. The predicted molar refractivity (Wildman–Crippen MR) is 90.2 cm³/mol. The monoisotopic (exact) mass is 348 g/mol. The van der Waals surface area contributed by atoms with Gasteiger partial charge in [-0.2, -0.15) is 0 Å². The first-order valence-electron chi connectivity index (χ1n) is 8.65. The molecular weight excluding hydrogens is 324 g/mol. The van der Waals surface area contributed by atoms with Crippen LogP contribution in [-0.2, 0) is 14.4 Å². The van der Waals surface area contributed by atoms with E-state index in [-0.39, 0.29) is 24.5 Å². The average Bonchev–Trinajstić information content (AvgIpc) is 3.17. The van der Waals surface area contributed by atoms with Gasteiger partial charge in [0.25, 0.3) is 5.91 Å². The molecule has 0 aromatic heterocycles. The van der Waals surface area contributed by atoms with E-state index in [2.05, 4.69) is 0 Å². The number of hydroxylamine groups is 2. The number of amides is 2. The van der Waals surface area contributed by atoms with Gasteiger partial charge in [0.2, 0.25) is 5.91 Å². The SMILES string of the molecule is COCC(=O)N1CCC(Oc2ccc(C(=O)N3CCCO3)cc2)CC1. The van der Waals surface area contributed by atoms with Crippen molar-refractivity contribution in [2.45, 2.75) is 25.4 Å². The molecule has 1 aromatic carbocycles. The topological polar surface area (TPSA) is 68.3 Å². The van der Waals surface area contributed by atoms with E-state index in [4.69, 9.17) is 14.3 Å². The molecule has 2 amide bonds. The smallest absolute Gasteiger partial charge is 0.277 e. The Morgan fingerprint density at radius 1 is 1.16 bits per heavy atom. The second kappa shape index (κ2) is 8.31. The predicted octanol–water partition coefficient (Wildman–Crippen LogP) is 1.48. The van der Waals surface area contributed by atoms with Crippen LogP contribution in [0.15, 0.2) is 24.3 Å². The fraction of sp³-hybridized carbons (Fsp3) is 0.556. The van der Waals surface area contributed by atoms with Crippen LogP contribution < -0.4 is 4.74 Å². The summed E-state index contributed by atoms with van der Waals surface area (Å²) in [5, 5.41) is 1.41. The molecule has 1 aromatic rings. The quantitative estimate of drug-likeness (QED) is 0.806. The van der Waals surface area contributed by atoms with Crippen LogP contribution in [0.2, 0.25) is 0 Å². The number of carbonyl (C=O) groups is 2. The van der Waals surface area contributed by atoms with Crippen LogP contribution in [0.1, 0.15) is 29.6 Å². The largest absolute Gasteiger partial charge is 0.490 e. The van der Waals surface area contributed by atoms with Crippen LogP contribution in [0.3, 0.4) is 0 Å². The number of likely N-dealkylation sites (tertiary alicyclic amines) is 1. The lowest BCUT2D eigenvalue weighted by Gasteiger charge is -2.32. The lowest BCUT2D eigenvalue weighted by molar-refractivity contribution is -0.136. The summed E-state index contributed by atoms with van der Waals surface area (Å²) in [5.74, 6) is 0.641. The summed E-state index contributed by atoms with van der Waals surface area (Å²) < 4.78 is 10.9. The Hall–Kier alpha value is -2.12. The molecule has 0 spiro atoms. The number of piperidine rings is 1. The summed E-state index contributed by atoms with van der Waals surface area (Å²) in [6.07, 6.45) is 2.53. The zero-order chi connectivity index (χ0) is 17.6. The van der Waals surface area contributed by atoms with Gasteiger partial charge in [0, 0.05) is 38.6 Å². The molecule has 7 heteroatoms. The highest BCUT2D eigenvalue weighted by atomic mass is 16.7. The molecule has 2 fully saturated rings. The van der Waals surface area contributed by atoms with Crippen molar-refractivity contribution in [2.24, 2.45) is 0 Å². The second-order valence-corrected chi connectivity index (χ2v) is 6.25. The summed E-state index contributed by atoms with van der Waals surface area (Å²) >= 11 is 0. The fourth-order valence-electron chi connectivity index (χ4n) is 3.06. The van der Waals surface area contributed by atoms with Gasteiger partial charge < -0.3 is 14.4 Å². The molecule has 0 N–H and O–H groups in total. The van der Waals surface area contributed by atoms with E-state index in [1.807, 2.05) is 12.1 Å². The van der Waals surface area contributed by atoms with Crippen LogP contribution in [0, 0.1) is 0 Å². The normalized spacial score (nSPS) is 18.4. The van der Waals surface area contributed by atoms with E-state index in [0.717, 1.165) is 25.0 Å². The Morgan fingerprint density at radius 2 is 1.88 bits per heavy atom. The zero-order valence-corrected chi connectivity index (χ0v) is 14.5. The number of hydrogen-bond donors (Lipinski definition) is 0. The molecule has 7 nitrogen and oxygen atoms in total. The molecule has 2 saturated heterocycles. The maximum Gasteiger partial charge on any atom is 0.277 e. The lowest BCUT2D eigenvalue weighted by Crippen LogP contribution is -2.43. The molecule has 0 atom stereocenters. The Labute approximate surface area is 147 Å². The van der Waals surface area contributed by atoms with Crippen molar-refractivity contribution >= 4 is 11.8 Å². The Kier molecular flexibility index (Phi) is 5.88. The molecule has 3 rings (SSSR count). The average molecular weight is 348 g/mol. The number of nitrogens with zero attached hydrogens (tertiary/aromatic N) is 2. The van der Waals surface area contributed by atoms with Crippen molar-refractivity contribution in [1.82, 2.24) is 9.96 Å². The molecule has 0 radical (unpaired) electrons. The highest BCUT2D eigenvalue weighted by molar-refractivity contribution is 5.93. The first-order valence-corrected chi connectivity index (χ1v) is 8.65. The van der Waals surface area contributed by atoms with Crippen LogP contribution >= 0.6 is 0 Å². The minimum atomic E-state index is -0.117. The molecule has 136 valence electrons. The molecule has 2 aliphatic heterocycles. The minimum absolute atomic E-state index is 0.0212. The molecular formula is C18H24N2O5. The maximum absolute atomic E-state index is 12.2. The summed E-state index contributed by atoms with van der Waals surface area (Å²) in [7, 11) is 1.53. The molecule has 25 heavy (non-hydrogen) atoms. The van der Waals surface area contributed by atoms with Gasteiger partial charge in [0.15, 0.2) is 0 Å². The van der Waals surface area contributed by atoms with Crippen molar-refractivity contribution in [2.75, 3.05) is 40.0 Å². The van der Waals surface area contributed by atoms with Crippen LogP contribution in [0.25, 0.3) is 0 Å². The number of benzene rings is 1. The van der Waals surface area contributed by atoms with Crippen molar-refractivity contribution in [1.29, 1.82) is 0 Å². The molecule has 0 aliphatic carbocycles. The van der Waals surface area contributed by atoms with E-state index in [9.17, 15) is 9.59 Å². The first-order chi connectivity index (χ1) is 12.2. The highest BCUT2D eigenvalue weighted by Crippen LogP contribution is 2.21. The summed E-state index contributed by atoms with van der Waals surface area (Å²) in [6, 6.07) is 7.14. The van der Waals surface area contributed by atoms with Crippen molar-refractivity contribution in [3.63, 3.8) is 0 Å². The highest BCUT2D eigenvalue weighted by Gasteiger charge is 2.24. The van der Waals surface area contributed by atoms with E-state index >= 15 is 0 Å². The number of methoxy groups -OCH3 is 1. The number of carbonyl (C=O) groups excluding carboxylic acids is 2. The Bertz CT molecular complexity index is 590. The van der Waals surface area contributed by atoms with Gasteiger partial charge in [0.1, 0.15) is 18.5 Å². The van der Waals surface area contributed by atoms with E-state index in [0.29, 0.717) is 31.8 Å². The number of ether oxygens (including phenoxy) is 2. The molecule has 0 saturated carbocycles. The van der Waals surface area contributed by atoms with Gasteiger partial charge in [0.05, 0.1) is 13.2 Å². The van der Waals surface area contributed by atoms with Gasteiger partial charge >= 0.3 is 0 Å². The minimum Gasteiger partial charge on any atom is -0.490 e. The molecule has 2 aliphatic rings. The number of rotatable bonds is 5. The summed E-state index contributed by atoms with van der Waals surface area (Å²) in [4.78, 5) is 31.1. The second-order valence-electron chi connectivity index (χ2n) is 6.25. The third-order valence-electron chi connectivity index (χ3n) is 4.45. The van der Waals surface area contributed by atoms with Crippen molar-refractivity contribution in [3.05, 3.63) is 29.8 Å². The van der Waals surface area contributed by atoms with E-state index in [1.54, 1.807) is 17.0 Å². The molecule has 2 heterocycles. The van der Waals surface area contributed by atoms with Gasteiger partial charge in [-0.1, -0.05) is 0 Å². The molecule has 0 bridgehead atoms. The van der Waals surface area contributed by atoms with Gasteiger partial charge in [-0.3, -0.25) is 14.4 Å². The van der Waals surface area contributed by atoms with Gasteiger partial charge in [-0.05, 0) is 30.7 Å². The van der Waals surface area contributed by atoms with Crippen molar-refractivity contribution in [3.8, 4) is 5.75 Å². The van der Waals surface area contributed by atoms with Crippen LogP contribution in [-0.4, -0.2) is 67.8 Å². The number of hydrogen-bond acceptors (Lipinski definition) is 5.